The molecule has 7 heteroatoms. The van der Waals surface area contributed by atoms with Crippen LogP contribution in [0.1, 0.15) is 49.7 Å². The van der Waals surface area contributed by atoms with E-state index in [0.29, 0.717) is 18.0 Å². The van der Waals surface area contributed by atoms with Gasteiger partial charge in [-0.15, -0.1) is 0 Å². The highest BCUT2D eigenvalue weighted by atomic mass is 16.4. The van der Waals surface area contributed by atoms with Gasteiger partial charge in [0.25, 0.3) is 5.78 Å². The number of hydrogen-bond acceptors (Lipinski definition) is 6. The fourth-order valence-electron chi connectivity index (χ4n) is 3.69. The predicted molar refractivity (Wildman–Crippen MR) is 93.4 cm³/mol. The van der Waals surface area contributed by atoms with E-state index >= 15 is 0 Å². The van der Waals surface area contributed by atoms with Gasteiger partial charge in [0, 0.05) is 30.8 Å². The molecule has 1 fully saturated rings. The Morgan fingerprint density at radius 1 is 1.36 bits per heavy atom. The van der Waals surface area contributed by atoms with E-state index in [1.54, 1.807) is 10.8 Å². The van der Waals surface area contributed by atoms with E-state index in [1.165, 1.54) is 12.7 Å². The van der Waals surface area contributed by atoms with Crippen LogP contribution in [0.2, 0.25) is 0 Å². The maximum absolute atomic E-state index is 10.6. The molecule has 0 bridgehead atoms. The molecular weight excluding hydrogens is 318 g/mol. The van der Waals surface area contributed by atoms with Crippen LogP contribution in [-0.4, -0.2) is 37.3 Å². The molecule has 25 heavy (non-hydrogen) atoms. The number of aryl methyl sites for hydroxylation is 1. The van der Waals surface area contributed by atoms with Crippen molar-refractivity contribution in [3.8, 4) is 0 Å². The molecule has 1 aliphatic heterocycles. The largest absolute Gasteiger partial charge is 0.467 e. The SMILES string of the molecule is Cc1cc(N2CCCCC[C@H]2C[C@@H](O)c2ccco2)n2ncnc2n1. The van der Waals surface area contributed by atoms with Gasteiger partial charge in [0.15, 0.2) is 0 Å². The summed E-state index contributed by atoms with van der Waals surface area (Å²) in [5.41, 5.74) is 0.921. The molecule has 0 radical (unpaired) electrons. The topological polar surface area (TPSA) is 79.7 Å². The Balaban J connectivity index is 1.67. The summed E-state index contributed by atoms with van der Waals surface area (Å²) in [4.78, 5) is 11.0. The lowest BCUT2D eigenvalue weighted by molar-refractivity contribution is 0.129. The second-order valence-corrected chi connectivity index (χ2v) is 6.69. The minimum absolute atomic E-state index is 0.219. The molecule has 0 unspecified atom stereocenters. The first kappa shape index (κ1) is 16.1. The van der Waals surface area contributed by atoms with Crippen LogP contribution in [0.25, 0.3) is 5.78 Å². The Morgan fingerprint density at radius 2 is 2.28 bits per heavy atom. The van der Waals surface area contributed by atoms with E-state index in [0.717, 1.165) is 37.3 Å². The minimum Gasteiger partial charge on any atom is -0.467 e. The summed E-state index contributed by atoms with van der Waals surface area (Å²) in [7, 11) is 0. The summed E-state index contributed by atoms with van der Waals surface area (Å²) in [5.74, 6) is 2.24. The zero-order chi connectivity index (χ0) is 17.2. The van der Waals surface area contributed by atoms with Crippen LogP contribution in [0.15, 0.2) is 35.2 Å². The lowest BCUT2D eigenvalue weighted by Gasteiger charge is -2.33. The van der Waals surface area contributed by atoms with Gasteiger partial charge in [-0.1, -0.05) is 12.8 Å². The number of anilines is 1. The Labute approximate surface area is 146 Å². The van der Waals surface area contributed by atoms with Gasteiger partial charge in [0.1, 0.15) is 24.0 Å². The van der Waals surface area contributed by atoms with E-state index in [9.17, 15) is 5.11 Å². The fourth-order valence-corrected chi connectivity index (χ4v) is 3.69. The van der Waals surface area contributed by atoms with Crippen molar-refractivity contribution in [2.75, 3.05) is 11.4 Å². The number of aliphatic hydroxyl groups is 1. The highest BCUT2D eigenvalue weighted by Crippen LogP contribution is 2.30. The van der Waals surface area contributed by atoms with E-state index in [1.807, 2.05) is 19.1 Å². The molecule has 0 aromatic carbocycles. The van der Waals surface area contributed by atoms with Crippen molar-refractivity contribution < 1.29 is 9.52 Å². The molecule has 132 valence electrons. The van der Waals surface area contributed by atoms with Crippen molar-refractivity contribution in [1.82, 2.24) is 19.6 Å². The van der Waals surface area contributed by atoms with E-state index in [4.69, 9.17) is 4.42 Å². The van der Waals surface area contributed by atoms with E-state index < -0.39 is 6.10 Å². The van der Waals surface area contributed by atoms with Gasteiger partial charge in [0.05, 0.1) is 6.26 Å². The van der Waals surface area contributed by atoms with Gasteiger partial charge < -0.3 is 14.4 Å². The molecule has 0 aliphatic carbocycles. The maximum atomic E-state index is 10.6. The molecule has 3 aromatic heterocycles. The van der Waals surface area contributed by atoms with Crippen LogP contribution >= 0.6 is 0 Å². The van der Waals surface area contributed by atoms with Gasteiger partial charge in [-0.05, 0) is 31.9 Å². The van der Waals surface area contributed by atoms with E-state index in [-0.39, 0.29) is 6.04 Å². The molecule has 0 amide bonds. The first-order valence-electron chi connectivity index (χ1n) is 8.88. The number of hydrogen-bond donors (Lipinski definition) is 1. The summed E-state index contributed by atoms with van der Waals surface area (Å²) in [6.07, 6.45) is 7.70. The Bertz CT molecular complexity index is 829. The zero-order valence-electron chi connectivity index (χ0n) is 14.4. The molecule has 4 rings (SSSR count). The fraction of sp³-hybridized carbons (Fsp3) is 0.500. The molecule has 0 saturated carbocycles. The smallest absolute Gasteiger partial charge is 0.254 e. The van der Waals surface area contributed by atoms with Crippen molar-refractivity contribution in [3.63, 3.8) is 0 Å². The lowest BCUT2D eigenvalue weighted by Crippen LogP contribution is -2.37. The number of nitrogens with zero attached hydrogens (tertiary/aromatic N) is 5. The van der Waals surface area contributed by atoms with Crippen LogP contribution < -0.4 is 4.90 Å². The van der Waals surface area contributed by atoms with Crippen molar-refractivity contribution in [2.24, 2.45) is 0 Å². The Kier molecular flexibility index (Phi) is 4.40. The Morgan fingerprint density at radius 3 is 3.12 bits per heavy atom. The first-order valence-corrected chi connectivity index (χ1v) is 8.88. The van der Waals surface area contributed by atoms with Crippen LogP contribution in [0, 0.1) is 6.92 Å². The summed E-state index contributed by atoms with van der Waals surface area (Å²) in [5, 5.41) is 14.9. The van der Waals surface area contributed by atoms with Crippen LogP contribution in [0.5, 0.6) is 0 Å². The second-order valence-electron chi connectivity index (χ2n) is 6.69. The van der Waals surface area contributed by atoms with E-state index in [2.05, 4.69) is 26.0 Å². The molecule has 3 aromatic rings. The van der Waals surface area contributed by atoms with Crippen molar-refractivity contribution in [1.29, 1.82) is 0 Å². The summed E-state index contributed by atoms with van der Waals surface area (Å²) in [6.45, 7) is 2.91. The lowest BCUT2D eigenvalue weighted by atomic mass is 10.0. The Hall–Kier alpha value is -2.41. The maximum Gasteiger partial charge on any atom is 0.254 e. The van der Waals surface area contributed by atoms with Gasteiger partial charge in [0.2, 0.25) is 0 Å². The van der Waals surface area contributed by atoms with Crippen LogP contribution in [0.3, 0.4) is 0 Å². The summed E-state index contributed by atoms with van der Waals surface area (Å²) in [6, 6.07) is 5.92. The normalized spacial score (nSPS) is 19.9. The molecule has 0 spiro atoms. The zero-order valence-corrected chi connectivity index (χ0v) is 14.4. The molecule has 2 atom stereocenters. The van der Waals surface area contributed by atoms with Crippen molar-refractivity contribution >= 4 is 11.6 Å². The number of aromatic nitrogens is 4. The monoisotopic (exact) mass is 341 g/mol. The molecule has 1 N–H and O–H groups in total. The molecular formula is C18H23N5O2. The number of furan rings is 1. The number of fused-ring (bicyclic) bond motifs is 1. The quantitative estimate of drug-likeness (QED) is 0.786. The molecule has 1 aliphatic rings. The third kappa shape index (κ3) is 3.24. The highest BCUT2D eigenvalue weighted by Gasteiger charge is 2.27. The highest BCUT2D eigenvalue weighted by molar-refractivity contribution is 5.48. The van der Waals surface area contributed by atoms with Gasteiger partial charge >= 0.3 is 0 Å². The summed E-state index contributed by atoms with van der Waals surface area (Å²) >= 11 is 0. The van der Waals surface area contributed by atoms with Crippen LogP contribution in [0.4, 0.5) is 5.82 Å². The standard InChI is InChI=1S/C18H23N5O2/c1-13-10-17(23-18(21-13)19-12-20-23)22-8-4-2-3-6-14(22)11-15(24)16-7-5-9-25-16/h5,7,9-10,12,14-15,24H,2-4,6,8,11H2,1H3/t14-,15+/m0/s1. The average Bonchev–Trinajstić information content (AvgIpc) is 3.23. The van der Waals surface area contributed by atoms with Crippen molar-refractivity contribution in [2.45, 2.75) is 51.2 Å². The molecule has 7 nitrogen and oxygen atoms in total. The summed E-state index contributed by atoms with van der Waals surface area (Å²) < 4.78 is 7.18. The van der Waals surface area contributed by atoms with Gasteiger partial charge in [-0.25, -0.2) is 4.98 Å². The predicted octanol–water partition coefficient (Wildman–Crippen LogP) is 2.90. The van der Waals surface area contributed by atoms with Crippen molar-refractivity contribution in [3.05, 3.63) is 42.2 Å². The number of aliphatic hydroxyl groups excluding tert-OH is 1. The minimum atomic E-state index is -0.602. The molecule has 4 heterocycles. The third-order valence-corrected chi connectivity index (χ3v) is 4.90. The van der Waals surface area contributed by atoms with Crippen LogP contribution in [-0.2, 0) is 0 Å². The van der Waals surface area contributed by atoms with Gasteiger partial charge in [-0.3, -0.25) is 0 Å². The second kappa shape index (κ2) is 6.84. The average molecular weight is 341 g/mol. The molecule has 1 saturated heterocycles. The first-order chi connectivity index (χ1) is 12.2. The van der Waals surface area contributed by atoms with Gasteiger partial charge in [-0.2, -0.15) is 14.6 Å². The third-order valence-electron chi connectivity index (χ3n) is 4.90. The number of rotatable bonds is 4.